The number of halogens is 3. The van der Waals surface area contributed by atoms with Gasteiger partial charge in [-0.1, -0.05) is 24.6 Å². The average molecular weight is 283 g/mol. The Morgan fingerprint density at radius 3 is 2.50 bits per heavy atom. The van der Waals surface area contributed by atoms with E-state index in [1.54, 1.807) is 6.07 Å². The largest absolute Gasteiger partial charge is 0.416 e. The molecule has 2 fully saturated rings. The Bertz CT molecular complexity index is 522. The zero-order valence-electron chi connectivity index (χ0n) is 10.9. The third-order valence-electron chi connectivity index (χ3n) is 4.26. The van der Waals surface area contributed by atoms with E-state index in [2.05, 4.69) is 5.32 Å². The summed E-state index contributed by atoms with van der Waals surface area (Å²) in [6, 6.07) is 5.51. The second-order valence-electron chi connectivity index (χ2n) is 5.67. The smallest absolute Gasteiger partial charge is 0.352 e. The Kier molecular flexibility index (Phi) is 3.22. The molecule has 2 atom stereocenters. The minimum absolute atomic E-state index is 0.00763. The van der Waals surface area contributed by atoms with Crippen LogP contribution in [-0.4, -0.2) is 11.9 Å². The number of alkyl halides is 3. The van der Waals surface area contributed by atoms with Gasteiger partial charge in [0.05, 0.1) is 5.56 Å². The molecule has 1 aromatic carbocycles. The fraction of sp³-hybridized carbons (Fsp3) is 0.533. The molecule has 2 nitrogen and oxygen atoms in total. The molecule has 2 saturated carbocycles. The third-order valence-corrected chi connectivity index (χ3v) is 4.26. The predicted octanol–water partition coefficient (Wildman–Crippen LogP) is 3.48. The number of rotatable bonds is 3. The molecule has 0 saturated heterocycles. The second-order valence-corrected chi connectivity index (χ2v) is 5.67. The van der Waals surface area contributed by atoms with Crippen LogP contribution in [0.2, 0.25) is 0 Å². The molecule has 2 aliphatic carbocycles. The molecule has 0 bridgehead atoms. The number of benzene rings is 1. The molecule has 108 valence electrons. The van der Waals surface area contributed by atoms with Gasteiger partial charge in [-0.05, 0) is 30.9 Å². The van der Waals surface area contributed by atoms with E-state index in [4.69, 9.17) is 0 Å². The molecule has 0 radical (unpaired) electrons. The van der Waals surface area contributed by atoms with Crippen molar-refractivity contribution in [2.45, 2.75) is 43.8 Å². The molecule has 0 unspecified atom stereocenters. The van der Waals surface area contributed by atoms with Crippen LogP contribution in [0.1, 0.15) is 42.7 Å². The second kappa shape index (κ2) is 4.79. The van der Waals surface area contributed by atoms with Gasteiger partial charge in [-0.3, -0.25) is 4.79 Å². The molecule has 0 spiro atoms. The van der Waals surface area contributed by atoms with E-state index in [0.717, 1.165) is 25.3 Å². The van der Waals surface area contributed by atoms with Gasteiger partial charge in [-0.15, -0.1) is 0 Å². The maximum Gasteiger partial charge on any atom is 0.416 e. The zero-order chi connectivity index (χ0) is 14.3. The minimum Gasteiger partial charge on any atom is -0.352 e. The topological polar surface area (TPSA) is 29.1 Å². The zero-order valence-corrected chi connectivity index (χ0v) is 10.9. The molecule has 1 aromatic rings. The summed E-state index contributed by atoms with van der Waals surface area (Å²) < 4.78 is 38.8. The molecule has 1 N–H and O–H groups in total. The lowest BCUT2D eigenvalue weighted by atomic mass is 9.85. The van der Waals surface area contributed by atoms with Crippen molar-refractivity contribution in [3.63, 3.8) is 0 Å². The molecule has 0 aromatic heterocycles. The summed E-state index contributed by atoms with van der Waals surface area (Å²) in [7, 11) is 0. The highest BCUT2D eigenvalue weighted by Crippen LogP contribution is 2.46. The van der Waals surface area contributed by atoms with E-state index in [0.29, 0.717) is 12.0 Å². The van der Waals surface area contributed by atoms with Crippen LogP contribution in [-0.2, 0) is 11.0 Å². The van der Waals surface area contributed by atoms with Gasteiger partial charge in [0, 0.05) is 17.9 Å². The lowest BCUT2D eigenvalue weighted by Gasteiger charge is -2.24. The Morgan fingerprint density at radius 1 is 1.20 bits per heavy atom. The van der Waals surface area contributed by atoms with Gasteiger partial charge in [0.1, 0.15) is 0 Å². The molecule has 5 heteroatoms. The molecule has 3 rings (SSSR count). The number of nitrogens with one attached hydrogen (secondary N) is 1. The summed E-state index contributed by atoms with van der Waals surface area (Å²) in [5, 5.41) is 2.88. The number of amides is 1. The van der Waals surface area contributed by atoms with E-state index in [1.165, 1.54) is 12.1 Å². The maximum atomic E-state index is 12.9. The Hall–Kier alpha value is -1.52. The minimum atomic E-state index is -4.33. The number of carbonyl (C=O) groups excluding carboxylic acids is 1. The van der Waals surface area contributed by atoms with Crippen molar-refractivity contribution in [1.29, 1.82) is 0 Å². The van der Waals surface area contributed by atoms with E-state index in [1.807, 2.05) is 0 Å². The summed E-state index contributed by atoms with van der Waals surface area (Å²) in [5.74, 6) is -0.112. The monoisotopic (exact) mass is 283 g/mol. The number of hydrogen-bond donors (Lipinski definition) is 1. The van der Waals surface area contributed by atoms with Crippen LogP contribution in [0.15, 0.2) is 24.3 Å². The maximum absolute atomic E-state index is 12.9. The predicted molar refractivity (Wildman–Crippen MR) is 68.1 cm³/mol. The molecule has 0 heterocycles. The van der Waals surface area contributed by atoms with Crippen LogP contribution >= 0.6 is 0 Å². The van der Waals surface area contributed by atoms with Crippen molar-refractivity contribution in [3.8, 4) is 0 Å². The van der Waals surface area contributed by atoms with Crippen LogP contribution < -0.4 is 5.32 Å². The first kappa shape index (κ1) is 13.5. The van der Waals surface area contributed by atoms with E-state index < -0.39 is 11.7 Å². The molecular weight excluding hydrogens is 267 g/mol. The van der Waals surface area contributed by atoms with Crippen LogP contribution in [0.25, 0.3) is 0 Å². The fourth-order valence-electron chi connectivity index (χ4n) is 2.75. The lowest BCUT2D eigenvalue weighted by molar-refractivity contribution is -0.138. The third kappa shape index (κ3) is 2.53. The highest BCUT2D eigenvalue weighted by molar-refractivity contribution is 5.80. The van der Waals surface area contributed by atoms with Crippen LogP contribution in [0.3, 0.4) is 0 Å². The summed E-state index contributed by atoms with van der Waals surface area (Å²) >= 11 is 0. The first-order valence-electron chi connectivity index (χ1n) is 6.93. The quantitative estimate of drug-likeness (QED) is 0.904. The van der Waals surface area contributed by atoms with Crippen molar-refractivity contribution in [2.24, 2.45) is 5.92 Å². The van der Waals surface area contributed by atoms with Gasteiger partial charge in [-0.2, -0.15) is 13.2 Å². The molecule has 20 heavy (non-hydrogen) atoms. The normalized spacial score (nSPS) is 25.9. The highest BCUT2D eigenvalue weighted by atomic mass is 19.4. The number of carbonyl (C=O) groups is 1. The van der Waals surface area contributed by atoms with Gasteiger partial charge in [0.2, 0.25) is 5.91 Å². The highest BCUT2D eigenvalue weighted by Gasteiger charge is 2.45. The van der Waals surface area contributed by atoms with E-state index in [9.17, 15) is 18.0 Å². The van der Waals surface area contributed by atoms with Gasteiger partial charge in [0.15, 0.2) is 0 Å². The Labute approximate surface area is 115 Å². The number of hydrogen-bond acceptors (Lipinski definition) is 1. The van der Waals surface area contributed by atoms with Crippen LogP contribution in [0.4, 0.5) is 13.2 Å². The van der Waals surface area contributed by atoms with Crippen molar-refractivity contribution < 1.29 is 18.0 Å². The van der Waals surface area contributed by atoms with Crippen LogP contribution in [0, 0.1) is 5.92 Å². The summed E-state index contributed by atoms with van der Waals surface area (Å²) in [6.07, 6.45) is -0.846. The van der Waals surface area contributed by atoms with Crippen molar-refractivity contribution in [1.82, 2.24) is 5.32 Å². The SMILES string of the molecule is O=C(N[C@@H]1C[C@@H]1c1ccccc1C(F)(F)F)C1CCC1. The van der Waals surface area contributed by atoms with Crippen molar-refractivity contribution in [3.05, 3.63) is 35.4 Å². The van der Waals surface area contributed by atoms with Gasteiger partial charge in [0.25, 0.3) is 0 Å². The van der Waals surface area contributed by atoms with Crippen molar-refractivity contribution in [2.75, 3.05) is 0 Å². The van der Waals surface area contributed by atoms with Crippen LogP contribution in [0.5, 0.6) is 0 Å². The molecule has 2 aliphatic rings. The summed E-state index contributed by atoms with van der Waals surface area (Å²) in [4.78, 5) is 11.8. The average Bonchev–Trinajstić information content (AvgIpc) is 3.04. The lowest BCUT2D eigenvalue weighted by Crippen LogP contribution is -2.36. The Morgan fingerprint density at radius 2 is 1.90 bits per heavy atom. The summed E-state index contributed by atoms with van der Waals surface area (Å²) in [5.41, 5.74) is -0.274. The van der Waals surface area contributed by atoms with E-state index >= 15 is 0 Å². The standard InChI is InChI=1S/C15H16F3NO/c16-15(17,18)12-7-2-1-6-10(12)11-8-13(11)19-14(20)9-4-3-5-9/h1-2,6-7,9,11,13H,3-5,8H2,(H,19,20)/t11-,13-/m1/s1. The molecular formula is C15H16F3NO. The first-order valence-corrected chi connectivity index (χ1v) is 6.93. The Balaban J connectivity index is 1.68. The fourth-order valence-corrected chi connectivity index (χ4v) is 2.75. The van der Waals surface area contributed by atoms with Gasteiger partial charge in [-0.25, -0.2) is 0 Å². The molecule has 0 aliphatic heterocycles. The first-order chi connectivity index (χ1) is 9.47. The molecule has 1 amide bonds. The summed E-state index contributed by atoms with van der Waals surface area (Å²) in [6.45, 7) is 0. The van der Waals surface area contributed by atoms with E-state index in [-0.39, 0.29) is 23.8 Å². The van der Waals surface area contributed by atoms with Gasteiger partial charge < -0.3 is 5.32 Å². The van der Waals surface area contributed by atoms with Crippen molar-refractivity contribution >= 4 is 5.91 Å². The van der Waals surface area contributed by atoms with Gasteiger partial charge >= 0.3 is 6.18 Å².